The third-order valence-corrected chi connectivity index (χ3v) is 5.12. The Bertz CT molecular complexity index is 949. The first kappa shape index (κ1) is 16.7. The van der Waals surface area contributed by atoms with Crippen molar-refractivity contribution in [2.45, 2.75) is 12.3 Å². The molecule has 6 nitrogen and oxygen atoms in total. The number of fused-ring (bicyclic) bond motifs is 1. The number of carbonyl (C=O) groups is 1. The molecule has 1 amide bonds. The molecule has 2 heterocycles. The van der Waals surface area contributed by atoms with E-state index in [1.54, 1.807) is 48.3 Å². The molecule has 0 fully saturated rings. The fraction of sp³-hybridized carbons (Fsp3) is 0.250. The van der Waals surface area contributed by atoms with Gasteiger partial charge in [-0.1, -0.05) is 0 Å². The molecule has 24 heavy (non-hydrogen) atoms. The fourth-order valence-corrected chi connectivity index (χ4v) is 3.76. The van der Waals surface area contributed by atoms with E-state index in [-0.39, 0.29) is 11.5 Å². The SMILES string of the molecule is CSCc1nc(CNC(=O)c2ccc3c(=O)n(C)cnc3c2)cs1. The van der Waals surface area contributed by atoms with Crippen molar-refractivity contribution >= 4 is 39.9 Å². The highest BCUT2D eigenvalue weighted by Crippen LogP contribution is 2.15. The van der Waals surface area contributed by atoms with Crippen molar-refractivity contribution in [1.82, 2.24) is 19.9 Å². The van der Waals surface area contributed by atoms with Gasteiger partial charge in [-0.2, -0.15) is 11.8 Å². The van der Waals surface area contributed by atoms with Crippen LogP contribution in [0, 0.1) is 0 Å². The number of thiazole rings is 1. The van der Waals surface area contributed by atoms with Crippen LogP contribution in [0.1, 0.15) is 21.1 Å². The molecule has 3 rings (SSSR count). The Kier molecular flexibility index (Phi) is 4.96. The van der Waals surface area contributed by atoms with Crippen molar-refractivity contribution in [1.29, 1.82) is 0 Å². The summed E-state index contributed by atoms with van der Waals surface area (Å²) in [5.74, 6) is 0.669. The maximum Gasteiger partial charge on any atom is 0.260 e. The molecular formula is C16H16N4O2S2. The average Bonchev–Trinajstić information content (AvgIpc) is 3.04. The molecule has 0 saturated carbocycles. The summed E-state index contributed by atoms with van der Waals surface area (Å²) in [5, 5.41) is 6.36. The van der Waals surface area contributed by atoms with E-state index in [9.17, 15) is 9.59 Å². The van der Waals surface area contributed by atoms with Gasteiger partial charge in [-0.25, -0.2) is 9.97 Å². The van der Waals surface area contributed by atoms with E-state index < -0.39 is 0 Å². The topological polar surface area (TPSA) is 76.9 Å². The monoisotopic (exact) mass is 360 g/mol. The van der Waals surface area contributed by atoms with E-state index in [0.717, 1.165) is 16.5 Å². The summed E-state index contributed by atoms with van der Waals surface area (Å²) in [4.78, 5) is 32.9. The van der Waals surface area contributed by atoms with Gasteiger partial charge in [0.15, 0.2) is 0 Å². The number of benzene rings is 1. The smallest absolute Gasteiger partial charge is 0.260 e. The van der Waals surface area contributed by atoms with Crippen molar-refractivity contribution in [2.75, 3.05) is 6.26 Å². The zero-order valence-electron chi connectivity index (χ0n) is 13.3. The van der Waals surface area contributed by atoms with Crippen LogP contribution >= 0.6 is 23.1 Å². The van der Waals surface area contributed by atoms with Gasteiger partial charge >= 0.3 is 0 Å². The lowest BCUT2D eigenvalue weighted by Gasteiger charge is -2.05. The van der Waals surface area contributed by atoms with Crippen LogP contribution in [-0.2, 0) is 19.3 Å². The molecular weight excluding hydrogens is 344 g/mol. The molecule has 0 spiro atoms. The second kappa shape index (κ2) is 7.14. The van der Waals surface area contributed by atoms with Crippen molar-refractivity contribution in [3.8, 4) is 0 Å². The second-order valence-corrected chi connectivity index (χ2v) is 7.05. The van der Waals surface area contributed by atoms with Crippen LogP contribution in [0.15, 0.2) is 34.7 Å². The summed E-state index contributed by atoms with van der Waals surface area (Å²) in [6.45, 7) is 0.381. The Hall–Kier alpha value is -2.19. The van der Waals surface area contributed by atoms with Crippen molar-refractivity contribution in [3.63, 3.8) is 0 Å². The van der Waals surface area contributed by atoms with Gasteiger partial charge < -0.3 is 9.88 Å². The molecule has 0 aliphatic rings. The van der Waals surface area contributed by atoms with Crippen LogP contribution in [0.5, 0.6) is 0 Å². The lowest BCUT2D eigenvalue weighted by molar-refractivity contribution is 0.0950. The maximum absolute atomic E-state index is 12.3. The normalized spacial score (nSPS) is 10.9. The number of rotatable bonds is 5. The van der Waals surface area contributed by atoms with Gasteiger partial charge in [0.1, 0.15) is 5.01 Å². The molecule has 2 aromatic heterocycles. The van der Waals surface area contributed by atoms with Gasteiger partial charge in [-0.15, -0.1) is 11.3 Å². The Morgan fingerprint density at radius 3 is 3.04 bits per heavy atom. The number of nitrogens with zero attached hydrogens (tertiary/aromatic N) is 3. The number of hydrogen-bond donors (Lipinski definition) is 1. The first-order valence-electron chi connectivity index (χ1n) is 7.24. The quantitative estimate of drug-likeness (QED) is 0.755. The standard InChI is InChI=1S/C16H16N4O2S2/c1-20-9-18-13-5-10(3-4-12(13)16(20)22)15(21)17-6-11-7-24-14(19-11)8-23-2/h3-5,7,9H,6,8H2,1-2H3,(H,17,21). The Morgan fingerprint density at radius 2 is 2.25 bits per heavy atom. The van der Waals surface area contributed by atoms with Gasteiger partial charge in [0.2, 0.25) is 0 Å². The van der Waals surface area contributed by atoms with Crippen molar-refractivity contribution in [3.05, 3.63) is 56.5 Å². The van der Waals surface area contributed by atoms with E-state index >= 15 is 0 Å². The zero-order valence-corrected chi connectivity index (χ0v) is 14.9. The minimum Gasteiger partial charge on any atom is -0.346 e. The third-order valence-electron chi connectivity index (χ3n) is 3.48. The van der Waals surface area contributed by atoms with Crippen LogP contribution in [0.2, 0.25) is 0 Å². The number of aromatic nitrogens is 3. The number of amides is 1. The van der Waals surface area contributed by atoms with Crippen molar-refractivity contribution < 1.29 is 4.79 Å². The Morgan fingerprint density at radius 1 is 1.42 bits per heavy atom. The van der Waals surface area contributed by atoms with E-state index in [2.05, 4.69) is 15.3 Å². The van der Waals surface area contributed by atoms with E-state index in [1.807, 2.05) is 11.6 Å². The Labute approximate surface area is 147 Å². The lowest BCUT2D eigenvalue weighted by atomic mass is 10.1. The van der Waals surface area contributed by atoms with E-state index in [4.69, 9.17) is 0 Å². The van der Waals surface area contributed by atoms with Crippen LogP contribution < -0.4 is 10.9 Å². The summed E-state index contributed by atoms with van der Waals surface area (Å²) in [7, 11) is 1.65. The first-order chi connectivity index (χ1) is 11.6. The Balaban J connectivity index is 1.73. The molecule has 0 unspecified atom stereocenters. The minimum atomic E-state index is -0.209. The summed E-state index contributed by atoms with van der Waals surface area (Å²) < 4.78 is 1.41. The molecule has 124 valence electrons. The summed E-state index contributed by atoms with van der Waals surface area (Å²) in [6.07, 6.45) is 3.48. The van der Waals surface area contributed by atoms with Gasteiger partial charge in [-0.3, -0.25) is 9.59 Å². The highest BCUT2D eigenvalue weighted by atomic mass is 32.2. The molecule has 3 aromatic rings. The molecule has 8 heteroatoms. The predicted molar refractivity (Wildman–Crippen MR) is 97.5 cm³/mol. The number of nitrogens with one attached hydrogen (secondary N) is 1. The molecule has 0 radical (unpaired) electrons. The van der Waals surface area contributed by atoms with Gasteiger partial charge in [-0.05, 0) is 24.5 Å². The zero-order chi connectivity index (χ0) is 17.1. The molecule has 0 saturated heterocycles. The fourth-order valence-electron chi connectivity index (χ4n) is 2.24. The van der Waals surface area contributed by atoms with Crippen LogP contribution in [0.3, 0.4) is 0 Å². The summed E-state index contributed by atoms with van der Waals surface area (Å²) >= 11 is 3.32. The molecule has 0 bridgehead atoms. The molecule has 1 aromatic carbocycles. The number of carbonyl (C=O) groups excluding carboxylic acids is 1. The van der Waals surface area contributed by atoms with Gasteiger partial charge in [0.25, 0.3) is 11.5 Å². The van der Waals surface area contributed by atoms with Crippen LogP contribution in [0.4, 0.5) is 0 Å². The average molecular weight is 360 g/mol. The highest BCUT2D eigenvalue weighted by Gasteiger charge is 2.10. The first-order valence-corrected chi connectivity index (χ1v) is 9.51. The van der Waals surface area contributed by atoms with Crippen molar-refractivity contribution in [2.24, 2.45) is 7.05 Å². The second-order valence-electron chi connectivity index (χ2n) is 5.24. The molecule has 1 N–H and O–H groups in total. The number of hydrogen-bond acceptors (Lipinski definition) is 6. The third kappa shape index (κ3) is 3.49. The molecule has 0 aliphatic heterocycles. The minimum absolute atomic E-state index is 0.129. The van der Waals surface area contributed by atoms with Gasteiger partial charge in [0.05, 0.1) is 29.5 Å². The molecule has 0 aliphatic carbocycles. The van der Waals surface area contributed by atoms with Crippen LogP contribution in [-0.4, -0.2) is 26.7 Å². The lowest BCUT2D eigenvalue weighted by Crippen LogP contribution is -2.23. The predicted octanol–water partition coefficient (Wildman–Crippen LogP) is 2.18. The largest absolute Gasteiger partial charge is 0.346 e. The number of thioether (sulfide) groups is 1. The van der Waals surface area contributed by atoms with Crippen LogP contribution in [0.25, 0.3) is 10.9 Å². The van der Waals surface area contributed by atoms with Gasteiger partial charge in [0, 0.05) is 23.7 Å². The molecule has 0 atom stereocenters. The summed E-state index contributed by atoms with van der Waals surface area (Å²) in [6, 6.07) is 4.91. The maximum atomic E-state index is 12.3. The number of aryl methyl sites for hydroxylation is 1. The van der Waals surface area contributed by atoms with E-state index in [1.165, 1.54) is 10.9 Å². The summed E-state index contributed by atoms with van der Waals surface area (Å²) in [5.41, 5.74) is 1.71. The highest BCUT2D eigenvalue weighted by molar-refractivity contribution is 7.97. The van der Waals surface area contributed by atoms with E-state index in [0.29, 0.717) is 23.0 Å².